The quantitative estimate of drug-likeness (QED) is 0.754. The average molecular weight is 383 g/mol. The fourth-order valence-electron chi connectivity index (χ4n) is 3.26. The van der Waals surface area contributed by atoms with Gasteiger partial charge in [-0.1, -0.05) is 6.07 Å². The molecule has 28 heavy (non-hydrogen) atoms. The Morgan fingerprint density at radius 2 is 1.71 bits per heavy atom. The first-order chi connectivity index (χ1) is 13.6. The van der Waals surface area contributed by atoms with E-state index in [0.29, 0.717) is 26.2 Å². The van der Waals surface area contributed by atoms with Gasteiger partial charge in [-0.15, -0.1) is 0 Å². The van der Waals surface area contributed by atoms with Gasteiger partial charge in [-0.05, 0) is 29.8 Å². The topological polar surface area (TPSA) is 61.4 Å². The van der Waals surface area contributed by atoms with Crippen LogP contribution in [-0.4, -0.2) is 52.0 Å². The summed E-state index contributed by atoms with van der Waals surface area (Å²) in [7, 11) is 0. The van der Waals surface area contributed by atoms with Crippen molar-refractivity contribution in [3.63, 3.8) is 0 Å². The Labute approximate surface area is 160 Å². The molecule has 3 aromatic rings. The predicted octanol–water partition coefficient (Wildman–Crippen LogP) is 3.26. The first-order valence-electron chi connectivity index (χ1n) is 9.01. The van der Waals surface area contributed by atoms with Gasteiger partial charge in [0.15, 0.2) is 0 Å². The van der Waals surface area contributed by atoms with Crippen LogP contribution in [0.4, 0.5) is 19.3 Å². The molecule has 0 atom stereocenters. The molecule has 2 aromatic carbocycles. The van der Waals surface area contributed by atoms with Crippen LogP contribution in [0.5, 0.6) is 0 Å². The largest absolute Gasteiger partial charge is 0.322 e. The van der Waals surface area contributed by atoms with Gasteiger partial charge in [0.05, 0.1) is 16.7 Å². The zero-order chi connectivity index (χ0) is 19.5. The van der Waals surface area contributed by atoms with Gasteiger partial charge in [-0.2, -0.15) is 0 Å². The molecule has 0 spiro atoms. The monoisotopic (exact) mass is 383 g/mol. The highest BCUT2D eigenvalue weighted by Gasteiger charge is 2.22. The molecule has 1 aliphatic rings. The Hall–Kier alpha value is -3.13. The van der Waals surface area contributed by atoms with Crippen LogP contribution in [0.2, 0.25) is 0 Å². The Morgan fingerprint density at radius 1 is 0.964 bits per heavy atom. The number of nitrogens with one attached hydrogen (secondary N) is 1. The molecule has 1 fully saturated rings. The van der Waals surface area contributed by atoms with Crippen LogP contribution < -0.4 is 5.32 Å². The van der Waals surface area contributed by atoms with E-state index < -0.39 is 17.7 Å². The summed E-state index contributed by atoms with van der Waals surface area (Å²) in [5.74, 6) is -1.26. The molecule has 4 rings (SSSR count). The molecule has 1 aromatic heterocycles. The van der Waals surface area contributed by atoms with E-state index in [4.69, 9.17) is 0 Å². The first-order valence-corrected chi connectivity index (χ1v) is 9.01. The van der Waals surface area contributed by atoms with Crippen LogP contribution in [0.15, 0.2) is 48.8 Å². The molecule has 2 heterocycles. The number of anilines is 1. The third-order valence-corrected chi connectivity index (χ3v) is 4.77. The predicted molar refractivity (Wildman–Crippen MR) is 102 cm³/mol. The van der Waals surface area contributed by atoms with E-state index in [9.17, 15) is 13.6 Å². The maximum absolute atomic E-state index is 13.7. The van der Waals surface area contributed by atoms with Gasteiger partial charge < -0.3 is 10.2 Å². The van der Waals surface area contributed by atoms with Crippen LogP contribution in [0.3, 0.4) is 0 Å². The fourth-order valence-corrected chi connectivity index (χ4v) is 3.26. The zero-order valence-corrected chi connectivity index (χ0v) is 15.1. The van der Waals surface area contributed by atoms with E-state index >= 15 is 0 Å². The minimum absolute atomic E-state index is 0.148. The number of rotatable bonds is 3. The molecule has 1 saturated heterocycles. The van der Waals surface area contributed by atoms with Crippen molar-refractivity contribution in [2.75, 3.05) is 31.5 Å². The van der Waals surface area contributed by atoms with Gasteiger partial charge in [-0.3, -0.25) is 14.9 Å². The number of halogens is 2. The average Bonchev–Trinajstić information content (AvgIpc) is 2.71. The summed E-state index contributed by atoms with van der Waals surface area (Å²) in [4.78, 5) is 24.8. The number of aromatic nitrogens is 2. The molecule has 0 radical (unpaired) electrons. The maximum atomic E-state index is 13.7. The lowest BCUT2D eigenvalue weighted by Gasteiger charge is -2.34. The normalized spacial score (nSPS) is 15.0. The fraction of sp³-hybridized carbons (Fsp3) is 0.250. The van der Waals surface area contributed by atoms with Crippen LogP contribution >= 0.6 is 0 Å². The number of nitrogens with zero attached hydrogens (tertiary/aromatic N) is 4. The Kier molecular flexibility index (Phi) is 5.12. The highest BCUT2D eigenvalue weighted by molar-refractivity contribution is 5.89. The van der Waals surface area contributed by atoms with E-state index in [1.165, 1.54) is 0 Å². The van der Waals surface area contributed by atoms with Crippen LogP contribution in [0, 0.1) is 11.6 Å². The summed E-state index contributed by atoms with van der Waals surface area (Å²) in [6.07, 6.45) is 3.34. The number of hydrogen-bond acceptors (Lipinski definition) is 4. The van der Waals surface area contributed by atoms with E-state index in [1.54, 1.807) is 17.3 Å². The van der Waals surface area contributed by atoms with E-state index in [-0.39, 0.29) is 5.69 Å². The first kappa shape index (κ1) is 18.2. The van der Waals surface area contributed by atoms with E-state index in [0.717, 1.165) is 41.3 Å². The summed E-state index contributed by atoms with van der Waals surface area (Å²) in [6.45, 7) is 3.15. The lowest BCUT2D eigenvalue weighted by molar-refractivity contribution is 0.143. The second-order valence-corrected chi connectivity index (χ2v) is 6.70. The van der Waals surface area contributed by atoms with Gasteiger partial charge in [-0.25, -0.2) is 13.6 Å². The third kappa shape index (κ3) is 4.07. The molecule has 6 nitrogen and oxygen atoms in total. The van der Waals surface area contributed by atoms with Gasteiger partial charge in [0.2, 0.25) is 0 Å². The second kappa shape index (κ2) is 7.85. The SMILES string of the molecule is O=C(Nc1cc(F)ccc1F)N1CCN(Cc2ccc3nccnc3c2)CC1. The molecule has 1 N–H and O–H groups in total. The summed E-state index contributed by atoms with van der Waals surface area (Å²) >= 11 is 0. The molecule has 8 heteroatoms. The van der Waals surface area contributed by atoms with Crippen molar-refractivity contribution in [2.24, 2.45) is 0 Å². The van der Waals surface area contributed by atoms with Gasteiger partial charge in [0.25, 0.3) is 0 Å². The van der Waals surface area contributed by atoms with Crippen molar-refractivity contribution in [3.8, 4) is 0 Å². The maximum Gasteiger partial charge on any atom is 0.322 e. The minimum Gasteiger partial charge on any atom is -0.322 e. The number of piperazine rings is 1. The van der Waals surface area contributed by atoms with Crippen LogP contribution in [-0.2, 0) is 6.54 Å². The summed E-state index contributed by atoms with van der Waals surface area (Å²) in [6, 6.07) is 8.57. The molecule has 0 saturated carbocycles. The van der Waals surface area contributed by atoms with Crippen molar-refractivity contribution >= 4 is 22.8 Å². The number of carbonyl (C=O) groups is 1. The minimum atomic E-state index is -0.659. The standard InChI is InChI=1S/C20H19F2N5O/c21-15-2-3-16(22)18(12-15)25-20(28)27-9-7-26(8-10-27)13-14-1-4-17-19(11-14)24-6-5-23-17/h1-6,11-12H,7-10,13H2,(H,25,28). The van der Waals surface area contributed by atoms with Crippen LogP contribution in [0.1, 0.15) is 5.56 Å². The number of fused-ring (bicyclic) bond motifs is 1. The number of hydrogen-bond donors (Lipinski definition) is 1. The summed E-state index contributed by atoms with van der Waals surface area (Å²) < 4.78 is 26.9. The Bertz CT molecular complexity index is 1000. The Balaban J connectivity index is 1.33. The lowest BCUT2D eigenvalue weighted by atomic mass is 10.1. The van der Waals surface area contributed by atoms with Gasteiger partial charge >= 0.3 is 6.03 Å². The Morgan fingerprint density at radius 3 is 2.50 bits per heavy atom. The highest BCUT2D eigenvalue weighted by Crippen LogP contribution is 2.17. The third-order valence-electron chi connectivity index (χ3n) is 4.77. The van der Waals surface area contributed by atoms with E-state index in [1.807, 2.05) is 18.2 Å². The van der Waals surface area contributed by atoms with Gasteiger partial charge in [0.1, 0.15) is 11.6 Å². The molecular weight excluding hydrogens is 364 g/mol. The molecule has 0 aliphatic carbocycles. The number of carbonyl (C=O) groups excluding carboxylic acids is 1. The molecule has 0 bridgehead atoms. The molecule has 2 amide bonds. The smallest absolute Gasteiger partial charge is 0.322 e. The summed E-state index contributed by atoms with van der Waals surface area (Å²) in [5, 5.41) is 2.44. The molecule has 1 aliphatic heterocycles. The van der Waals surface area contributed by atoms with Crippen molar-refractivity contribution in [2.45, 2.75) is 6.54 Å². The summed E-state index contributed by atoms with van der Waals surface area (Å²) in [5.41, 5.74) is 2.70. The molecule has 0 unspecified atom stereocenters. The van der Waals surface area contributed by atoms with Gasteiger partial charge in [0, 0.05) is 51.2 Å². The van der Waals surface area contributed by atoms with E-state index in [2.05, 4.69) is 20.2 Å². The second-order valence-electron chi connectivity index (χ2n) is 6.70. The van der Waals surface area contributed by atoms with Crippen molar-refractivity contribution in [1.82, 2.24) is 19.8 Å². The van der Waals surface area contributed by atoms with Crippen molar-refractivity contribution in [3.05, 3.63) is 66.0 Å². The number of amides is 2. The molecular formula is C20H19F2N5O. The lowest BCUT2D eigenvalue weighted by Crippen LogP contribution is -2.49. The van der Waals surface area contributed by atoms with Crippen molar-refractivity contribution in [1.29, 1.82) is 0 Å². The molecule has 144 valence electrons. The highest BCUT2D eigenvalue weighted by atomic mass is 19.1. The number of benzene rings is 2. The number of urea groups is 1. The van der Waals surface area contributed by atoms with Crippen molar-refractivity contribution < 1.29 is 13.6 Å². The zero-order valence-electron chi connectivity index (χ0n) is 15.1. The van der Waals surface area contributed by atoms with Crippen LogP contribution in [0.25, 0.3) is 11.0 Å².